The van der Waals surface area contributed by atoms with Crippen LogP contribution in [0.15, 0.2) is 35.5 Å². The number of nitrogens with one attached hydrogen (secondary N) is 1. The van der Waals surface area contributed by atoms with Gasteiger partial charge in [0.25, 0.3) is 11.1 Å². The van der Waals surface area contributed by atoms with Crippen molar-refractivity contribution < 1.29 is 14.4 Å². The van der Waals surface area contributed by atoms with Crippen LogP contribution in [0, 0.1) is 0 Å². The highest BCUT2D eigenvalue weighted by molar-refractivity contribution is 8.18. The summed E-state index contributed by atoms with van der Waals surface area (Å²) in [5, 5.41) is 13.3. The van der Waals surface area contributed by atoms with E-state index in [0.717, 1.165) is 22.2 Å². The van der Waals surface area contributed by atoms with E-state index in [9.17, 15) is 14.4 Å². The van der Waals surface area contributed by atoms with Crippen molar-refractivity contribution in [3.8, 4) is 0 Å². The first kappa shape index (κ1) is 18.1. The van der Waals surface area contributed by atoms with Crippen LogP contribution in [-0.2, 0) is 16.1 Å². The molecule has 1 aliphatic heterocycles. The SMILES string of the molecule is O=C(Cn1cnnn1)NCCN1C(=O)SC(=Cc2ccc(Cl)cc2)C1=O. The van der Waals surface area contributed by atoms with Gasteiger partial charge in [-0.3, -0.25) is 19.3 Å². The summed E-state index contributed by atoms with van der Waals surface area (Å²) in [6.07, 6.45) is 2.95. The highest BCUT2D eigenvalue weighted by Crippen LogP contribution is 2.32. The minimum absolute atomic E-state index is 0.0363. The Hall–Kier alpha value is -2.72. The van der Waals surface area contributed by atoms with Gasteiger partial charge >= 0.3 is 0 Å². The normalized spacial score (nSPS) is 15.7. The standard InChI is InChI=1S/C15H13ClN6O3S/c16-11-3-1-10(2-4-11)7-12-14(24)22(15(25)26-12)6-5-17-13(23)8-21-9-18-19-20-21/h1-4,7,9H,5-6,8H2,(H,17,23). The zero-order valence-electron chi connectivity index (χ0n) is 13.3. The van der Waals surface area contributed by atoms with Gasteiger partial charge in [-0.2, -0.15) is 0 Å². The van der Waals surface area contributed by atoms with Gasteiger partial charge in [-0.25, -0.2) is 4.68 Å². The lowest BCUT2D eigenvalue weighted by atomic mass is 10.2. The van der Waals surface area contributed by atoms with Crippen LogP contribution in [0.2, 0.25) is 5.02 Å². The molecule has 1 N–H and O–H groups in total. The Morgan fingerprint density at radius 1 is 1.27 bits per heavy atom. The molecule has 0 unspecified atom stereocenters. The number of benzene rings is 1. The van der Waals surface area contributed by atoms with Crippen LogP contribution in [0.3, 0.4) is 0 Å². The Bertz CT molecular complexity index is 853. The Labute approximate surface area is 157 Å². The van der Waals surface area contributed by atoms with Crippen molar-refractivity contribution in [2.45, 2.75) is 6.54 Å². The first-order valence-corrected chi connectivity index (χ1v) is 8.71. The maximum atomic E-state index is 12.4. The summed E-state index contributed by atoms with van der Waals surface area (Å²) in [6.45, 7) is 0.197. The summed E-state index contributed by atoms with van der Waals surface area (Å²) in [5.74, 6) is -0.703. The van der Waals surface area contributed by atoms with Gasteiger partial charge in [0.15, 0.2) is 0 Å². The van der Waals surface area contributed by atoms with E-state index >= 15 is 0 Å². The van der Waals surface area contributed by atoms with Gasteiger partial charge in [-0.1, -0.05) is 23.7 Å². The lowest BCUT2D eigenvalue weighted by Gasteiger charge is -2.12. The molecule has 2 aromatic rings. The van der Waals surface area contributed by atoms with Crippen LogP contribution in [-0.4, -0.2) is 55.3 Å². The molecule has 134 valence electrons. The van der Waals surface area contributed by atoms with Crippen LogP contribution in [0.1, 0.15) is 5.56 Å². The van der Waals surface area contributed by atoms with Gasteiger partial charge in [0.05, 0.1) is 4.91 Å². The second-order valence-corrected chi connectivity index (χ2v) is 6.67. The number of thioether (sulfide) groups is 1. The molecule has 0 radical (unpaired) electrons. The second-order valence-electron chi connectivity index (χ2n) is 5.24. The second kappa shape index (κ2) is 8.11. The monoisotopic (exact) mass is 392 g/mol. The topological polar surface area (TPSA) is 110 Å². The van der Waals surface area contributed by atoms with Crippen LogP contribution in [0.25, 0.3) is 6.08 Å². The van der Waals surface area contributed by atoms with Crippen molar-refractivity contribution in [3.63, 3.8) is 0 Å². The molecule has 0 aliphatic carbocycles. The van der Waals surface area contributed by atoms with E-state index in [-0.39, 0.29) is 36.7 Å². The average molecular weight is 393 g/mol. The largest absolute Gasteiger partial charge is 0.353 e. The Morgan fingerprint density at radius 2 is 2.04 bits per heavy atom. The highest BCUT2D eigenvalue weighted by Gasteiger charge is 2.34. The number of carbonyl (C=O) groups excluding carboxylic acids is 3. The molecule has 1 aromatic carbocycles. The third kappa shape index (κ3) is 4.46. The number of rotatable bonds is 6. The molecule has 0 spiro atoms. The number of amides is 3. The smallest absolute Gasteiger partial charge is 0.293 e. The predicted molar refractivity (Wildman–Crippen MR) is 95.0 cm³/mol. The summed E-state index contributed by atoms with van der Waals surface area (Å²) in [5.41, 5.74) is 0.773. The zero-order chi connectivity index (χ0) is 18.5. The third-order valence-electron chi connectivity index (χ3n) is 3.40. The van der Waals surface area contributed by atoms with E-state index in [1.54, 1.807) is 30.3 Å². The number of hydrogen-bond acceptors (Lipinski definition) is 7. The third-order valence-corrected chi connectivity index (χ3v) is 4.56. The van der Waals surface area contributed by atoms with Crippen LogP contribution in [0.5, 0.6) is 0 Å². The van der Waals surface area contributed by atoms with Gasteiger partial charge in [-0.05, 0) is 46.0 Å². The van der Waals surface area contributed by atoms with E-state index < -0.39 is 0 Å². The van der Waals surface area contributed by atoms with Gasteiger partial charge in [0.1, 0.15) is 12.9 Å². The van der Waals surface area contributed by atoms with Crippen molar-refractivity contribution >= 4 is 46.5 Å². The number of carbonyl (C=O) groups is 3. The first-order chi connectivity index (χ1) is 12.5. The molecule has 1 fully saturated rings. The molecule has 3 amide bonds. The Kier molecular flexibility index (Phi) is 5.64. The van der Waals surface area contributed by atoms with Gasteiger partial charge in [0.2, 0.25) is 5.91 Å². The highest BCUT2D eigenvalue weighted by atomic mass is 35.5. The quantitative estimate of drug-likeness (QED) is 0.735. The van der Waals surface area contributed by atoms with Gasteiger partial charge in [-0.15, -0.1) is 5.10 Å². The Balaban J connectivity index is 1.54. The number of aromatic nitrogens is 4. The number of nitrogens with zero attached hydrogens (tertiary/aromatic N) is 5. The number of tetrazole rings is 1. The fourth-order valence-electron chi connectivity index (χ4n) is 2.17. The minimum atomic E-state index is -0.385. The van der Waals surface area contributed by atoms with Gasteiger partial charge < -0.3 is 5.32 Å². The molecule has 0 bridgehead atoms. The van der Waals surface area contributed by atoms with Crippen LogP contribution >= 0.6 is 23.4 Å². The fraction of sp³-hybridized carbons (Fsp3) is 0.200. The zero-order valence-corrected chi connectivity index (χ0v) is 14.9. The minimum Gasteiger partial charge on any atom is -0.353 e. The van der Waals surface area contributed by atoms with E-state index in [0.29, 0.717) is 9.93 Å². The molecule has 3 rings (SSSR count). The molecule has 0 atom stereocenters. The van der Waals surface area contributed by atoms with E-state index in [4.69, 9.17) is 11.6 Å². The van der Waals surface area contributed by atoms with Crippen molar-refractivity contribution in [3.05, 3.63) is 46.1 Å². The van der Waals surface area contributed by atoms with Crippen LogP contribution < -0.4 is 5.32 Å². The number of imide groups is 1. The molecular formula is C15H13ClN6O3S. The van der Waals surface area contributed by atoms with E-state index in [1.807, 2.05) is 0 Å². The maximum Gasteiger partial charge on any atom is 0.293 e. The summed E-state index contributed by atoms with van der Waals surface area (Å²) in [6, 6.07) is 6.93. The molecular weight excluding hydrogens is 380 g/mol. The van der Waals surface area contributed by atoms with Crippen molar-refractivity contribution in [2.75, 3.05) is 13.1 Å². The van der Waals surface area contributed by atoms with Crippen molar-refractivity contribution in [1.82, 2.24) is 30.4 Å². The van der Waals surface area contributed by atoms with Gasteiger partial charge in [0, 0.05) is 18.1 Å². The molecule has 1 saturated heterocycles. The summed E-state index contributed by atoms with van der Waals surface area (Å²) in [7, 11) is 0. The van der Waals surface area contributed by atoms with E-state index in [2.05, 4.69) is 20.8 Å². The van der Waals surface area contributed by atoms with Crippen molar-refractivity contribution in [2.24, 2.45) is 0 Å². The average Bonchev–Trinajstić information content (AvgIpc) is 3.20. The molecule has 9 nitrogen and oxygen atoms in total. The van der Waals surface area contributed by atoms with E-state index in [1.165, 1.54) is 11.0 Å². The molecule has 2 heterocycles. The maximum absolute atomic E-state index is 12.4. The fourth-order valence-corrected chi connectivity index (χ4v) is 3.16. The Morgan fingerprint density at radius 3 is 2.73 bits per heavy atom. The lowest BCUT2D eigenvalue weighted by molar-refractivity contribution is -0.124. The molecule has 26 heavy (non-hydrogen) atoms. The summed E-state index contributed by atoms with van der Waals surface area (Å²) < 4.78 is 1.27. The predicted octanol–water partition coefficient (Wildman–Crippen LogP) is 1.18. The lowest BCUT2D eigenvalue weighted by Crippen LogP contribution is -2.38. The summed E-state index contributed by atoms with van der Waals surface area (Å²) >= 11 is 6.69. The molecule has 1 aliphatic rings. The van der Waals surface area contributed by atoms with Crippen molar-refractivity contribution in [1.29, 1.82) is 0 Å². The molecule has 11 heteroatoms. The molecule has 1 aromatic heterocycles. The number of hydrogen-bond donors (Lipinski definition) is 1. The summed E-state index contributed by atoms with van der Waals surface area (Å²) in [4.78, 5) is 37.6. The van der Waals surface area contributed by atoms with Crippen LogP contribution in [0.4, 0.5) is 4.79 Å². The molecule has 0 saturated carbocycles. The number of halogens is 1. The first-order valence-electron chi connectivity index (χ1n) is 7.51.